The standard InChI is InChI=1S/C46H53N6O7P/c1-33(2)52(34(3)4)60(58-29-13-27-47)50-30-41(59-43(31-50)51-28-26-42(49-45(51)54)48-44(53)35-14-9-7-10-15-35)32-57-46(36-16-11-8-12-17-36,37-18-22-39(55-5)23-19-37)38-20-24-40(56-6)25-21-38/h7-12,14-26,28,33-34,41,43H,13,29-32H2,1-6H3,(H,48,49,53,54)/t41-,43+,60?/m0/s1. The van der Waals surface area contributed by atoms with E-state index >= 15 is 0 Å². The molecule has 1 fully saturated rings. The maximum atomic E-state index is 13.9. The van der Waals surface area contributed by atoms with Crippen molar-refractivity contribution in [2.45, 2.75) is 64.1 Å². The highest BCUT2D eigenvalue weighted by atomic mass is 31.2. The summed E-state index contributed by atoms with van der Waals surface area (Å²) in [5.74, 6) is 1.16. The van der Waals surface area contributed by atoms with Crippen molar-refractivity contribution in [1.82, 2.24) is 18.9 Å². The van der Waals surface area contributed by atoms with Crippen LogP contribution in [0.1, 0.15) is 67.4 Å². The normalized spacial score (nSPS) is 16.4. The van der Waals surface area contributed by atoms with Crippen LogP contribution < -0.4 is 20.5 Å². The number of carbonyl (C=O) groups is 1. The highest BCUT2D eigenvalue weighted by molar-refractivity contribution is 7.47. The molecule has 4 aromatic carbocycles. The Morgan fingerprint density at radius 2 is 1.43 bits per heavy atom. The third-order valence-electron chi connectivity index (χ3n) is 10.1. The smallest absolute Gasteiger partial charge is 0.351 e. The first-order chi connectivity index (χ1) is 29.1. The highest BCUT2D eigenvalue weighted by Gasteiger charge is 2.42. The number of benzene rings is 4. The lowest BCUT2D eigenvalue weighted by Gasteiger charge is -2.47. The molecule has 1 aromatic heterocycles. The molecule has 1 unspecified atom stereocenters. The van der Waals surface area contributed by atoms with Crippen LogP contribution in [0.2, 0.25) is 0 Å². The van der Waals surface area contributed by atoms with E-state index in [1.54, 1.807) is 50.7 Å². The molecule has 14 heteroatoms. The lowest BCUT2D eigenvalue weighted by atomic mass is 9.80. The van der Waals surface area contributed by atoms with Crippen molar-refractivity contribution in [3.8, 4) is 17.6 Å². The Bertz CT molecular complexity index is 2180. The summed E-state index contributed by atoms with van der Waals surface area (Å²) >= 11 is 0. The van der Waals surface area contributed by atoms with E-state index in [4.69, 9.17) is 23.5 Å². The van der Waals surface area contributed by atoms with Gasteiger partial charge in [-0.3, -0.25) is 9.36 Å². The molecule has 60 heavy (non-hydrogen) atoms. The minimum absolute atomic E-state index is 0.0953. The lowest BCUT2D eigenvalue weighted by Crippen LogP contribution is -2.51. The number of hydrogen-bond donors (Lipinski definition) is 1. The first-order valence-corrected chi connectivity index (χ1v) is 21.2. The third kappa shape index (κ3) is 10.3. The lowest BCUT2D eigenvalue weighted by molar-refractivity contribution is -0.145. The summed E-state index contributed by atoms with van der Waals surface area (Å²) in [4.78, 5) is 31.0. The van der Waals surface area contributed by atoms with Crippen molar-refractivity contribution in [3.05, 3.63) is 154 Å². The molecule has 6 rings (SSSR count). The van der Waals surface area contributed by atoms with Gasteiger partial charge in [0.25, 0.3) is 5.91 Å². The van der Waals surface area contributed by atoms with Crippen LogP contribution in [0.4, 0.5) is 5.82 Å². The zero-order valence-corrected chi connectivity index (χ0v) is 35.8. The van der Waals surface area contributed by atoms with Gasteiger partial charge in [0.2, 0.25) is 0 Å². The molecule has 13 nitrogen and oxygen atoms in total. The first kappa shape index (κ1) is 44.1. The molecule has 0 radical (unpaired) electrons. The quantitative estimate of drug-likeness (QED) is 0.0522. The minimum atomic E-state index is -1.45. The molecule has 0 bridgehead atoms. The fourth-order valence-electron chi connectivity index (χ4n) is 7.41. The Hall–Kier alpha value is -5.45. The Kier molecular flexibility index (Phi) is 15.2. The summed E-state index contributed by atoms with van der Waals surface area (Å²) in [6, 6.07) is 38.4. The maximum Gasteiger partial charge on any atom is 0.351 e. The van der Waals surface area contributed by atoms with E-state index in [2.05, 4.69) is 53.4 Å². The Morgan fingerprint density at radius 1 is 0.867 bits per heavy atom. The van der Waals surface area contributed by atoms with Gasteiger partial charge in [0, 0.05) is 30.4 Å². The average Bonchev–Trinajstić information content (AvgIpc) is 3.27. The molecule has 1 aliphatic rings. The van der Waals surface area contributed by atoms with Gasteiger partial charge in [-0.15, -0.1) is 0 Å². The number of methoxy groups -OCH3 is 2. The summed E-state index contributed by atoms with van der Waals surface area (Å²) < 4.78 is 37.8. The zero-order valence-electron chi connectivity index (χ0n) is 34.9. The molecular formula is C46H53N6O7P. The Labute approximate surface area is 353 Å². The van der Waals surface area contributed by atoms with E-state index in [1.165, 1.54) is 4.57 Å². The first-order valence-electron chi connectivity index (χ1n) is 20.0. The molecule has 1 saturated heterocycles. The number of nitrogens with one attached hydrogen (secondary N) is 1. The monoisotopic (exact) mass is 832 g/mol. The number of anilines is 1. The van der Waals surface area contributed by atoms with E-state index in [1.807, 2.05) is 84.9 Å². The number of aromatic nitrogens is 2. The van der Waals surface area contributed by atoms with Gasteiger partial charge in [-0.2, -0.15) is 10.2 Å². The van der Waals surface area contributed by atoms with Crippen LogP contribution in [0.5, 0.6) is 11.5 Å². The van der Waals surface area contributed by atoms with Gasteiger partial charge in [0.15, 0.2) is 14.7 Å². The SMILES string of the molecule is COc1ccc(C(OC[C@@H]2CN(P(OCCC#N)N(C(C)C)C(C)C)C[C@H](n3ccc(NC(=O)c4ccccc4)nc3=O)O2)(c2ccccc2)c2ccc(OC)cc2)cc1. The molecular weight excluding hydrogens is 780 g/mol. The number of nitriles is 1. The number of ether oxygens (including phenoxy) is 4. The van der Waals surface area contributed by atoms with Crippen LogP contribution in [-0.2, 0) is 19.6 Å². The number of carbonyl (C=O) groups excluding carboxylic acids is 1. The van der Waals surface area contributed by atoms with Crippen molar-refractivity contribution < 1.29 is 28.3 Å². The van der Waals surface area contributed by atoms with Crippen LogP contribution in [0, 0.1) is 11.3 Å². The van der Waals surface area contributed by atoms with Gasteiger partial charge in [0.05, 0.1) is 52.6 Å². The maximum absolute atomic E-state index is 13.9. The van der Waals surface area contributed by atoms with E-state index in [-0.39, 0.29) is 50.0 Å². The number of rotatable bonds is 18. The van der Waals surface area contributed by atoms with Crippen molar-refractivity contribution in [1.29, 1.82) is 5.26 Å². The minimum Gasteiger partial charge on any atom is -0.497 e. The second-order valence-corrected chi connectivity index (χ2v) is 16.6. The third-order valence-corrected chi connectivity index (χ3v) is 12.7. The predicted molar refractivity (Wildman–Crippen MR) is 232 cm³/mol. The van der Waals surface area contributed by atoms with Gasteiger partial charge >= 0.3 is 5.69 Å². The number of hydrogen-bond acceptors (Lipinski definition) is 11. The van der Waals surface area contributed by atoms with Crippen molar-refractivity contribution in [3.63, 3.8) is 0 Å². The largest absolute Gasteiger partial charge is 0.497 e. The summed E-state index contributed by atoms with van der Waals surface area (Å²) in [5.41, 5.74) is 1.36. The number of nitrogens with zero attached hydrogens (tertiary/aromatic N) is 5. The molecule has 1 amide bonds. The van der Waals surface area contributed by atoms with Crippen LogP contribution in [0.3, 0.4) is 0 Å². The topological polar surface area (TPSA) is 140 Å². The summed E-state index contributed by atoms with van der Waals surface area (Å²) in [6.45, 7) is 9.50. The zero-order chi connectivity index (χ0) is 42.6. The van der Waals surface area contributed by atoms with Gasteiger partial charge in [0.1, 0.15) is 22.9 Å². The number of amides is 1. The van der Waals surface area contributed by atoms with Crippen LogP contribution >= 0.6 is 8.45 Å². The Morgan fingerprint density at radius 3 is 1.97 bits per heavy atom. The second-order valence-electron chi connectivity index (χ2n) is 14.8. The fourth-order valence-corrected chi connectivity index (χ4v) is 9.65. The molecule has 1 N–H and O–H groups in total. The van der Waals surface area contributed by atoms with Crippen LogP contribution in [-0.4, -0.2) is 83.5 Å². The van der Waals surface area contributed by atoms with Crippen molar-refractivity contribution >= 4 is 20.2 Å². The molecule has 1 aliphatic heterocycles. The highest BCUT2D eigenvalue weighted by Crippen LogP contribution is 2.51. The van der Waals surface area contributed by atoms with Crippen LogP contribution in [0.25, 0.3) is 0 Å². The fraction of sp³-hybridized carbons (Fsp3) is 0.348. The van der Waals surface area contributed by atoms with Crippen LogP contribution in [0.15, 0.2) is 126 Å². The van der Waals surface area contributed by atoms with E-state index in [9.17, 15) is 14.9 Å². The Balaban J connectivity index is 1.41. The molecule has 0 spiro atoms. The van der Waals surface area contributed by atoms with Gasteiger partial charge in [-0.1, -0.05) is 72.8 Å². The molecule has 3 atom stereocenters. The van der Waals surface area contributed by atoms with Gasteiger partial charge < -0.3 is 28.8 Å². The summed E-state index contributed by atoms with van der Waals surface area (Å²) in [7, 11) is 1.82. The molecule has 2 heterocycles. The van der Waals surface area contributed by atoms with Crippen molar-refractivity contribution in [2.75, 3.05) is 45.8 Å². The van der Waals surface area contributed by atoms with E-state index < -0.39 is 32.1 Å². The summed E-state index contributed by atoms with van der Waals surface area (Å²) in [6.07, 6.45) is 0.418. The molecule has 0 aliphatic carbocycles. The average molecular weight is 833 g/mol. The predicted octanol–water partition coefficient (Wildman–Crippen LogP) is 8.00. The number of morpholine rings is 1. The molecule has 5 aromatic rings. The van der Waals surface area contributed by atoms with Gasteiger partial charge in [-0.25, -0.2) is 14.1 Å². The van der Waals surface area contributed by atoms with E-state index in [0.717, 1.165) is 16.7 Å². The second kappa shape index (κ2) is 20.7. The molecule has 0 saturated carbocycles. The van der Waals surface area contributed by atoms with E-state index in [0.29, 0.717) is 23.6 Å². The summed E-state index contributed by atoms with van der Waals surface area (Å²) in [5, 5.41) is 12.2. The molecule has 314 valence electrons. The van der Waals surface area contributed by atoms with Crippen molar-refractivity contribution in [2.24, 2.45) is 0 Å². The van der Waals surface area contributed by atoms with Gasteiger partial charge in [-0.05, 0) is 86.8 Å².